The van der Waals surface area contributed by atoms with Gasteiger partial charge >= 0.3 is 0 Å². The minimum Gasteiger partial charge on any atom is -0.340 e. The molecule has 0 atom stereocenters. The molecule has 122 valence electrons. The molecule has 1 heterocycles. The maximum Gasteiger partial charge on any atom is 0.243 e. The van der Waals surface area contributed by atoms with Gasteiger partial charge < -0.3 is 4.90 Å². The summed E-state index contributed by atoms with van der Waals surface area (Å²) in [6.07, 6.45) is 0. The van der Waals surface area contributed by atoms with Crippen LogP contribution < -0.4 is 0 Å². The van der Waals surface area contributed by atoms with E-state index in [9.17, 15) is 13.2 Å². The van der Waals surface area contributed by atoms with Crippen LogP contribution in [0.4, 0.5) is 0 Å². The van der Waals surface area contributed by atoms with Crippen LogP contribution in [0.3, 0.4) is 0 Å². The van der Waals surface area contributed by atoms with Gasteiger partial charge in [-0.05, 0) is 18.2 Å². The largest absolute Gasteiger partial charge is 0.340 e. The standard InChI is InChI=1S/C15H21BrN2O3S/c1-15(2,3)14(19)17-7-9-18(10-8-17)22(20,21)13-6-4-5-12(16)11-13/h4-6,11H,7-10H2,1-3H3. The molecule has 0 aromatic heterocycles. The van der Waals surface area contributed by atoms with E-state index in [4.69, 9.17) is 0 Å². The first kappa shape index (κ1) is 17.4. The van der Waals surface area contributed by atoms with Crippen molar-refractivity contribution in [3.05, 3.63) is 28.7 Å². The van der Waals surface area contributed by atoms with Crippen molar-refractivity contribution < 1.29 is 13.2 Å². The molecule has 1 aromatic carbocycles. The van der Waals surface area contributed by atoms with Gasteiger partial charge in [-0.15, -0.1) is 0 Å². The second-order valence-corrected chi connectivity index (χ2v) is 9.26. The minimum absolute atomic E-state index is 0.0620. The molecule has 0 unspecified atom stereocenters. The van der Waals surface area contributed by atoms with Gasteiger partial charge in [-0.2, -0.15) is 4.31 Å². The number of nitrogens with zero attached hydrogens (tertiary/aromatic N) is 2. The number of sulfonamides is 1. The first-order valence-corrected chi connectivity index (χ1v) is 9.41. The van der Waals surface area contributed by atoms with Crippen LogP contribution in [0.15, 0.2) is 33.6 Å². The predicted molar refractivity (Wildman–Crippen MR) is 88.9 cm³/mol. The van der Waals surface area contributed by atoms with E-state index in [0.29, 0.717) is 26.2 Å². The Morgan fingerprint density at radius 2 is 1.73 bits per heavy atom. The Labute approximate surface area is 140 Å². The molecule has 1 fully saturated rings. The zero-order valence-corrected chi connectivity index (χ0v) is 15.4. The Bertz CT molecular complexity index is 660. The highest BCUT2D eigenvalue weighted by molar-refractivity contribution is 9.10. The zero-order chi connectivity index (χ0) is 16.5. The number of benzene rings is 1. The highest BCUT2D eigenvalue weighted by atomic mass is 79.9. The number of halogens is 1. The van der Waals surface area contributed by atoms with Gasteiger partial charge in [0.25, 0.3) is 0 Å². The fourth-order valence-electron chi connectivity index (χ4n) is 2.38. The lowest BCUT2D eigenvalue weighted by Gasteiger charge is -2.37. The van der Waals surface area contributed by atoms with Gasteiger partial charge in [-0.25, -0.2) is 8.42 Å². The molecule has 0 bridgehead atoms. The number of carbonyl (C=O) groups excluding carboxylic acids is 1. The Morgan fingerprint density at radius 3 is 2.23 bits per heavy atom. The third kappa shape index (κ3) is 3.70. The topological polar surface area (TPSA) is 57.7 Å². The van der Waals surface area contributed by atoms with Crippen LogP contribution in [0, 0.1) is 5.41 Å². The molecule has 7 heteroatoms. The molecular formula is C15H21BrN2O3S. The molecule has 0 N–H and O–H groups in total. The third-order valence-electron chi connectivity index (χ3n) is 3.60. The molecule has 0 saturated carbocycles. The van der Waals surface area contributed by atoms with Crippen LogP contribution in [0.1, 0.15) is 20.8 Å². The van der Waals surface area contributed by atoms with Crippen molar-refractivity contribution in [1.29, 1.82) is 0 Å². The van der Waals surface area contributed by atoms with Gasteiger partial charge in [-0.1, -0.05) is 42.8 Å². The highest BCUT2D eigenvalue weighted by Gasteiger charge is 2.33. The summed E-state index contributed by atoms with van der Waals surface area (Å²) in [6.45, 7) is 7.15. The second-order valence-electron chi connectivity index (χ2n) is 6.40. The molecular weight excluding hydrogens is 368 g/mol. The molecule has 1 aromatic rings. The fourth-order valence-corrected chi connectivity index (χ4v) is 4.40. The van der Waals surface area contributed by atoms with E-state index in [1.54, 1.807) is 29.2 Å². The summed E-state index contributed by atoms with van der Waals surface area (Å²) in [5.41, 5.74) is -0.439. The van der Waals surface area contributed by atoms with Crippen LogP contribution in [-0.2, 0) is 14.8 Å². The predicted octanol–water partition coefficient (Wildman–Crippen LogP) is 2.33. The first-order valence-electron chi connectivity index (χ1n) is 7.17. The number of carbonyl (C=O) groups is 1. The molecule has 1 amide bonds. The van der Waals surface area contributed by atoms with E-state index in [1.807, 2.05) is 20.8 Å². The Kier molecular flexibility index (Phi) is 4.99. The van der Waals surface area contributed by atoms with Crippen LogP contribution in [0.25, 0.3) is 0 Å². The van der Waals surface area contributed by atoms with Gasteiger partial charge in [0, 0.05) is 36.1 Å². The molecule has 0 spiro atoms. The fraction of sp³-hybridized carbons (Fsp3) is 0.533. The van der Waals surface area contributed by atoms with Gasteiger partial charge in [0.05, 0.1) is 4.90 Å². The number of piperazine rings is 1. The number of amides is 1. The summed E-state index contributed by atoms with van der Waals surface area (Å²) in [4.78, 5) is 14.3. The lowest BCUT2D eigenvalue weighted by molar-refractivity contribution is -0.140. The van der Waals surface area contributed by atoms with E-state index >= 15 is 0 Å². The van der Waals surface area contributed by atoms with E-state index in [0.717, 1.165) is 4.47 Å². The molecule has 2 rings (SSSR count). The molecule has 22 heavy (non-hydrogen) atoms. The Hall–Kier alpha value is -0.920. The molecule has 0 radical (unpaired) electrons. The normalized spacial score (nSPS) is 17.5. The quantitative estimate of drug-likeness (QED) is 0.780. The summed E-state index contributed by atoms with van der Waals surface area (Å²) < 4.78 is 27.4. The first-order chi connectivity index (χ1) is 10.1. The van der Waals surface area contributed by atoms with Crippen LogP contribution in [0.5, 0.6) is 0 Å². The van der Waals surface area contributed by atoms with Crippen molar-refractivity contribution >= 4 is 31.9 Å². The van der Waals surface area contributed by atoms with E-state index in [-0.39, 0.29) is 10.8 Å². The lowest BCUT2D eigenvalue weighted by atomic mass is 9.94. The summed E-state index contributed by atoms with van der Waals surface area (Å²) in [6, 6.07) is 6.68. The smallest absolute Gasteiger partial charge is 0.243 e. The van der Waals surface area contributed by atoms with Crippen molar-refractivity contribution in [2.45, 2.75) is 25.7 Å². The summed E-state index contributed by atoms with van der Waals surface area (Å²) in [5.74, 6) is 0.0620. The van der Waals surface area contributed by atoms with Crippen molar-refractivity contribution in [2.75, 3.05) is 26.2 Å². The van der Waals surface area contributed by atoms with Gasteiger partial charge in [0.15, 0.2) is 0 Å². The number of hydrogen-bond donors (Lipinski definition) is 0. The van der Waals surface area contributed by atoms with Crippen LogP contribution in [0.2, 0.25) is 0 Å². The zero-order valence-electron chi connectivity index (χ0n) is 13.0. The van der Waals surface area contributed by atoms with Crippen LogP contribution >= 0.6 is 15.9 Å². The molecule has 1 aliphatic heterocycles. The monoisotopic (exact) mass is 388 g/mol. The van der Waals surface area contributed by atoms with Gasteiger partial charge in [0.1, 0.15) is 0 Å². The minimum atomic E-state index is -3.50. The van der Waals surface area contributed by atoms with Crippen LogP contribution in [-0.4, -0.2) is 49.7 Å². The summed E-state index contributed by atoms with van der Waals surface area (Å²) in [7, 11) is -3.50. The van der Waals surface area contributed by atoms with E-state index in [1.165, 1.54) is 4.31 Å². The van der Waals surface area contributed by atoms with Gasteiger partial charge in [-0.3, -0.25) is 4.79 Å². The SMILES string of the molecule is CC(C)(C)C(=O)N1CCN(S(=O)(=O)c2cccc(Br)c2)CC1. The Balaban J connectivity index is 2.10. The van der Waals surface area contributed by atoms with E-state index < -0.39 is 15.4 Å². The number of rotatable bonds is 2. The van der Waals surface area contributed by atoms with Crippen molar-refractivity contribution in [1.82, 2.24) is 9.21 Å². The van der Waals surface area contributed by atoms with E-state index in [2.05, 4.69) is 15.9 Å². The Morgan fingerprint density at radius 1 is 1.14 bits per heavy atom. The molecule has 5 nitrogen and oxygen atoms in total. The highest BCUT2D eigenvalue weighted by Crippen LogP contribution is 2.23. The second kappa shape index (κ2) is 6.29. The average molecular weight is 389 g/mol. The summed E-state index contributed by atoms with van der Waals surface area (Å²) >= 11 is 3.29. The maximum absolute atomic E-state index is 12.6. The van der Waals surface area contributed by atoms with Gasteiger partial charge in [0.2, 0.25) is 15.9 Å². The summed E-state index contributed by atoms with van der Waals surface area (Å²) in [5, 5.41) is 0. The average Bonchev–Trinajstić information content (AvgIpc) is 2.45. The lowest BCUT2D eigenvalue weighted by Crippen LogP contribution is -2.52. The number of hydrogen-bond acceptors (Lipinski definition) is 3. The van der Waals surface area contributed by atoms with Crippen molar-refractivity contribution in [3.8, 4) is 0 Å². The molecule has 1 aliphatic rings. The third-order valence-corrected chi connectivity index (χ3v) is 5.99. The van der Waals surface area contributed by atoms with Crippen molar-refractivity contribution in [3.63, 3.8) is 0 Å². The molecule has 1 saturated heterocycles. The maximum atomic E-state index is 12.6. The van der Waals surface area contributed by atoms with Crippen molar-refractivity contribution in [2.24, 2.45) is 5.41 Å². The molecule has 0 aliphatic carbocycles.